The SMILES string of the molecule is C[C@H](NS(=O)(=O)C=Cc1nn(-c2ccc(F)cc2F)c2c1CSCC2Cc1cccc(F)c1)c1ccccc1. The van der Waals surface area contributed by atoms with Crippen molar-refractivity contribution in [3.8, 4) is 5.69 Å². The van der Waals surface area contributed by atoms with Crippen LogP contribution in [0.3, 0.4) is 0 Å². The van der Waals surface area contributed by atoms with E-state index in [1.807, 2.05) is 36.4 Å². The summed E-state index contributed by atoms with van der Waals surface area (Å²) < 4.78 is 72.3. The second-order valence-corrected chi connectivity index (χ2v) is 12.0. The van der Waals surface area contributed by atoms with Crippen molar-refractivity contribution in [2.45, 2.75) is 31.1 Å². The molecule has 1 aliphatic rings. The molecule has 3 aromatic carbocycles. The van der Waals surface area contributed by atoms with E-state index in [9.17, 15) is 21.6 Å². The first kappa shape index (κ1) is 27.2. The maximum atomic E-state index is 14.9. The molecular formula is C29H26F3N3O2S2. The van der Waals surface area contributed by atoms with Gasteiger partial charge >= 0.3 is 0 Å². The average Bonchev–Trinajstić information content (AvgIpc) is 3.27. The smallest absolute Gasteiger partial charge is 0.234 e. The van der Waals surface area contributed by atoms with Crippen LogP contribution in [-0.4, -0.2) is 24.0 Å². The van der Waals surface area contributed by atoms with E-state index in [0.717, 1.165) is 34.2 Å². The molecule has 0 saturated carbocycles. The molecule has 0 bridgehead atoms. The Morgan fingerprint density at radius 3 is 2.56 bits per heavy atom. The summed E-state index contributed by atoms with van der Waals surface area (Å²) in [5, 5.41) is 5.65. The Bertz CT molecular complexity index is 1620. The second kappa shape index (κ2) is 11.4. The topological polar surface area (TPSA) is 64.0 Å². The van der Waals surface area contributed by atoms with Crippen LogP contribution >= 0.6 is 11.8 Å². The molecule has 1 N–H and O–H groups in total. The summed E-state index contributed by atoms with van der Waals surface area (Å²) in [4.78, 5) is 0. The number of hydrogen-bond acceptors (Lipinski definition) is 4. The molecule has 2 heterocycles. The van der Waals surface area contributed by atoms with Crippen LogP contribution in [0, 0.1) is 17.5 Å². The van der Waals surface area contributed by atoms with Crippen molar-refractivity contribution in [2.24, 2.45) is 0 Å². The Hall–Kier alpha value is -3.34. The van der Waals surface area contributed by atoms with E-state index < -0.39 is 27.7 Å². The van der Waals surface area contributed by atoms with Gasteiger partial charge in [0, 0.05) is 40.5 Å². The molecule has 0 aliphatic carbocycles. The molecule has 4 aromatic rings. The van der Waals surface area contributed by atoms with Gasteiger partial charge in [0.05, 0.1) is 11.4 Å². The molecule has 0 fully saturated rings. The van der Waals surface area contributed by atoms with E-state index in [-0.39, 0.29) is 17.4 Å². The molecule has 5 rings (SSSR count). The van der Waals surface area contributed by atoms with Crippen molar-refractivity contribution < 1.29 is 21.6 Å². The molecule has 1 aromatic heterocycles. The van der Waals surface area contributed by atoms with Gasteiger partial charge in [-0.2, -0.15) is 16.9 Å². The predicted octanol–water partition coefficient (Wildman–Crippen LogP) is 6.51. The Balaban J connectivity index is 1.52. The van der Waals surface area contributed by atoms with E-state index in [2.05, 4.69) is 9.82 Å². The third-order valence-corrected chi connectivity index (χ3v) is 8.87. The molecule has 1 unspecified atom stereocenters. The highest BCUT2D eigenvalue weighted by molar-refractivity contribution is 7.98. The number of hydrogen-bond donors (Lipinski definition) is 1. The van der Waals surface area contributed by atoms with Gasteiger partial charge in [0.2, 0.25) is 10.0 Å². The van der Waals surface area contributed by atoms with Crippen LogP contribution in [0.2, 0.25) is 0 Å². The fourth-order valence-corrected chi connectivity index (χ4v) is 6.95. The third-order valence-electron chi connectivity index (χ3n) is 6.56. The van der Waals surface area contributed by atoms with Crippen LogP contribution < -0.4 is 4.72 Å². The number of aromatic nitrogens is 2. The molecule has 0 radical (unpaired) electrons. The fourth-order valence-electron chi connectivity index (χ4n) is 4.75. The van der Waals surface area contributed by atoms with Crippen molar-refractivity contribution in [3.05, 3.63) is 124 Å². The number of nitrogens with zero attached hydrogens (tertiary/aromatic N) is 2. The molecule has 0 saturated heterocycles. The minimum atomic E-state index is -3.84. The molecule has 0 amide bonds. The standard InChI is InChI=1S/C29H26F3N3O2S2/c1-19(21-7-3-2-4-8-21)34-39(36,37)13-12-27-25-18-38-17-22(14-20-6-5-9-23(30)15-20)29(25)35(33-27)28-11-10-24(31)16-26(28)32/h2-13,15-16,19,22,34H,14,17-18H2,1H3/t19-,22?/m0/s1. The Morgan fingerprint density at radius 2 is 1.82 bits per heavy atom. The first-order valence-electron chi connectivity index (χ1n) is 12.3. The van der Waals surface area contributed by atoms with Gasteiger partial charge in [0.25, 0.3) is 0 Å². The lowest BCUT2D eigenvalue weighted by molar-refractivity contribution is 0.566. The normalized spacial score (nSPS) is 16.4. The van der Waals surface area contributed by atoms with E-state index >= 15 is 0 Å². The van der Waals surface area contributed by atoms with E-state index in [1.54, 1.807) is 24.8 Å². The number of rotatable bonds is 8. The van der Waals surface area contributed by atoms with E-state index in [0.29, 0.717) is 29.3 Å². The summed E-state index contributed by atoms with van der Waals surface area (Å²) in [6.45, 7) is 1.75. The predicted molar refractivity (Wildman–Crippen MR) is 148 cm³/mol. The minimum absolute atomic E-state index is 0.0575. The molecule has 0 spiro atoms. The Labute approximate surface area is 229 Å². The maximum Gasteiger partial charge on any atom is 0.234 e. The number of nitrogens with one attached hydrogen (secondary N) is 1. The Morgan fingerprint density at radius 1 is 1.05 bits per heavy atom. The lowest BCUT2D eigenvalue weighted by Gasteiger charge is -2.24. The van der Waals surface area contributed by atoms with Gasteiger partial charge in [-0.3, -0.25) is 0 Å². The highest BCUT2D eigenvalue weighted by atomic mass is 32.2. The summed E-state index contributed by atoms with van der Waals surface area (Å²) in [6.07, 6.45) is 1.88. The van der Waals surface area contributed by atoms with Crippen molar-refractivity contribution in [3.63, 3.8) is 0 Å². The number of benzene rings is 3. The van der Waals surface area contributed by atoms with E-state index in [4.69, 9.17) is 0 Å². The van der Waals surface area contributed by atoms with Crippen molar-refractivity contribution in [1.29, 1.82) is 0 Å². The van der Waals surface area contributed by atoms with Crippen molar-refractivity contribution in [1.82, 2.24) is 14.5 Å². The molecule has 5 nitrogen and oxygen atoms in total. The summed E-state index contributed by atoms with van der Waals surface area (Å²) in [5.74, 6) is -0.799. The second-order valence-electron chi connectivity index (χ2n) is 9.40. The van der Waals surface area contributed by atoms with Crippen molar-refractivity contribution >= 4 is 27.9 Å². The number of sulfonamides is 1. The summed E-state index contributed by atoms with van der Waals surface area (Å²) in [6, 6.07) is 18.3. The summed E-state index contributed by atoms with van der Waals surface area (Å²) in [5.41, 5.74) is 3.49. The Kier molecular flexibility index (Phi) is 7.97. The average molecular weight is 570 g/mol. The zero-order valence-corrected chi connectivity index (χ0v) is 22.7. The zero-order chi connectivity index (χ0) is 27.6. The lowest BCUT2D eigenvalue weighted by Crippen LogP contribution is -2.24. The minimum Gasteiger partial charge on any atom is -0.234 e. The van der Waals surface area contributed by atoms with Crippen LogP contribution in [0.5, 0.6) is 0 Å². The largest absolute Gasteiger partial charge is 0.234 e. The van der Waals surface area contributed by atoms with Gasteiger partial charge in [-0.25, -0.2) is 31.0 Å². The molecule has 39 heavy (non-hydrogen) atoms. The molecule has 202 valence electrons. The highest BCUT2D eigenvalue weighted by Gasteiger charge is 2.30. The maximum absolute atomic E-state index is 14.9. The van der Waals surface area contributed by atoms with Gasteiger partial charge in [-0.1, -0.05) is 42.5 Å². The lowest BCUT2D eigenvalue weighted by atomic mass is 9.94. The molecule has 1 aliphatic heterocycles. The van der Waals surface area contributed by atoms with Gasteiger partial charge in [0.1, 0.15) is 17.3 Å². The zero-order valence-electron chi connectivity index (χ0n) is 21.0. The number of halogens is 3. The first-order chi connectivity index (χ1) is 18.7. The van der Waals surface area contributed by atoms with Crippen LogP contribution in [0.25, 0.3) is 11.8 Å². The van der Waals surface area contributed by atoms with Gasteiger partial charge < -0.3 is 0 Å². The number of fused-ring (bicyclic) bond motifs is 1. The number of thioether (sulfide) groups is 1. The summed E-state index contributed by atoms with van der Waals surface area (Å²) >= 11 is 1.64. The van der Waals surface area contributed by atoms with Gasteiger partial charge in [0.15, 0.2) is 5.82 Å². The summed E-state index contributed by atoms with van der Waals surface area (Å²) in [7, 11) is -3.84. The monoisotopic (exact) mass is 569 g/mol. The van der Waals surface area contributed by atoms with Crippen LogP contribution in [0.1, 0.15) is 47.0 Å². The van der Waals surface area contributed by atoms with Crippen LogP contribution in [0.15, 0.2) is 78.2 Å². The van der Waals surface area contributed by atoms with E-state index in [1.165, 1.54) is 29.0 Å². The molecule has 10 heteroatoms. The third kappa shape index (κ3) is 6.29. The van der Waals surface area contributed by atoms with Crippen molar-refractivity contribution in [2.75, 3.05) is 5.75 Å². The van der Waals surface area contributed by atoms with Gasteiger partial charge in [-0.05, 0) is 54.8 Å². The highest BCUT2D eigenvalue weighted by Crippen LogP contribution is 2.39. The first-order valence-corrected chi connectivity index (χ1v) is 15.0. The van der Waals surface area contributed by atoms with Gasteiger partial charge in [-0.15, -0.1) is 0 Å². The van der Waals surface area contributed by atoms with Crippen LogP contribution in [-0.2, 0) is 22.2 Å². The molecular weight excluding hydrogens is 543 g/mol. The molecule has 2 atom stereocenters. The fraction of sp³-hybridized carbons (Fsp3) is 0.207. The van der Waals surface area contributed by atoms with Crippen LogP contribution in [0.4, 0.5) is 13.2 Å². The quantitative estimate of drug-likeness (QED) is 0.263.